The van der Waals surface area contributed by atoms with E-state index < -0.39 is 16.6 Å². The minimum Gasteiger partial charge on any atom is -0.435 e. The number of benzene rings is 2. The molecule has 7 heteroatoms. The Morgan fingerprint density at radius 1 is 1.09 bits per heavy atom. The molecule has 0 bridgehead atoms. The van der Waals surface area contributed by atoms with Crippen molar-refractivity contribution < 1.29 is 21.9 Å². The second kappa shape index (κ2) is 6.31. The Labute approximate surface area is 127 Å². The molecule has 0 atom stereocenters. The molecule has 118 valence electrons. The zero-order valence-electron chi connectivity index (χ0n) is 12.0. The molecule has 0 amide bonds. The Balaban J connectivity index is 2.29. The minimum atomic E-state index is -3.80. The monoisotopic (exact) mass is 327 g/mol. The van der Waals surface area contributed by atoms with Gasteiger partial charge in [0.1, 0.15) is 5.75 Å². The average molecular weight is 327 g/mol. The third kappa shape index (κ3) is 3.94. The van der Waals surface area contributed by atoms with Crippen LogP contribution in [0.3, 0.4) is 0 Å². The number of alkyl halides is 2. The van der Waals surface area contributed by atoms with E-state index in [0.717, 1.165) is 5.56 Å². The lowest BCUT2D eigenvalue weighted by atomic mass is 10.2. The first kappa shape index (κ1) is 16.2. The zero-order chi connectivity index (χ0) is 16.3. The van der Waals surface area contributed by atoms with Gasteiger partial charge in [-0.25, -0.2) is 8.42 Å². The molecule has 0 heterocycles. The largest absolute Gasteiger partial charge is 0.435 e. The van der Waals surface area contributed by atoms with Gasteiger partial charge in [0.2, 0.25) is 0 Å². The normalized spacial score (nSPS) is 11.5. The van der Waals surface area contributed by atoms with Gasteiger partial charge >= 0.3 is 6.61 Å². The summed E-state index contributed by atoms with van der Waals surface area (Å²) in [5.41, 5.74) is 1.70. The molecular weight excluding hydrogens is 312 g/mol. The molecule has 0 radical (unpaired) electrons. The fourth-order valence-electron chi connectivity index (χ4n) is 2.05. The van der Waals surface area contributed by atoms with E-state index >= 15 is 0 Å². The van der Waals surface area contributed by atoms with Gasteiger partial charge in [0, 0.05) is 6.07 Å². The van der Waals surface area contributed by atoms with Crippen molar-refractivity contribution in [3.63, 3.8) is 0 Å². The van der Waals surface area contributed by atoms with Crippen LogP contribution in [0.5, 0.6) is 5.75 Å². The van der Waals surface area contributed by atoms with Gasteiger partial charge < -0.3 is 4.74 Å². The van der Waals surface area contributed by atoms with Crippen LogP contribution < -0.4 is 9.46 Å². The first-order valence-corrected chi connectivity index (χ1v) is 7.91. The van der Waals surface area contributed by atoms with Crippen LogP contribution in [0.1, 0.15) is 11.1 Å². The zero-order valence-corrected chi connectivity index (χ0v) is 12.8. The highest BCUT2D eigenvalue weighted by Crippen LogP contribution is 2.23. The van der Waals surface area contributed by atoms with Gasteiger partial charge in [-0.3, -0.25) is 4.72 Å². The smallest absolute Gasteiger partial charge is 0.387 e. The van der Waals surface area contributed by atoms with Crippen LogP contribution in [0, 0.1) is 13.8 Å². The molecule has 2 aromatic carbocycles. The van der Waals surface area contributed by atoms with Crippen molar-refractivity contribution in [2.45, 2.75) is 25.4 Å². The van der Waals surface area contributed by atoms with Crippen LogP contribution >= 0.6 is 0 Å². The van der Waals surface area contributed by atoms with E-state index in [1.165, 1.54) is 30.3 Å². The van der Waals surface area contributed by atoms with Crippen molar-refractivity contribution in [3.05, 3.63) is 53.6 Å². The lowest BCUT2D eigenvalue weighted by Crippen LogP contribution is -2.14. The first-order chi connectivity index (χ1) is 10.3. The van der Waals surface area contributed by atoms with Crippen molar-refractivity contribution in [3.8, 4) is 5.75 Å². The summed E-state index contributed by atoms with van der Waals surface area (Å²) in [6, 6.07) is 10.4. The molecule has 0 fully saturated rings. The van der Waals surface area contributed by atoms with E-state index in [9.17, 15) is 17.2 Å². The molecule has 0 aromatic heterocycles. The summed E-state index contributed by atoms with van der Waals surface area (Å²) in [6.07, 6.45) is 0. The topological polar surface area (TPSA) is 55.4 Å². The molecule has 2 aromatic rings. The van der Waals surface area contributed by atoms with Gasteiger partial charge in [-0.1, -0.05) is 23.8 Å². The highest BCUT2D eigenvalue weighted by molar-refractivity contribution is 7.92. The van der Waals surface area contributed by atoms with Gasteiger partial charge in [-0.15, -0.1) is 0 Å². The molecule has 0 unspecified atom stereocenters. The second-order valence-corrected chi connectivity index (χ2v) is 6.43. The van der Waals surface area contributed by atoms with E-state index in [1.54, 1.807) is 19.1 Å². The van der Waals surface area contributed by atoms with E-state index in [-0.39, 0.29) is 16.3 Å². The predicted molar refractivity (Wildman–Crippen MR) is 79.8 cm³/mol. The number of nitrogens with one attached hydrogen (secondary N) is 1. The van der Waals surface area contributed by atoms with Crippen molar-refractivity contribution >= 4 is 15.7 Å². The third-order valence-electron chi connectivity index (χ3n) is 2.93. The fraction of sp³-hybridized carbons (Fsp3) is 0.200. The number of aryl methyl sites for hydroxylation is 2. The fourth-order valence-corrected chi connectivity index (χ4v) is 3.32. The maximum atomic E-state index is 12.4. The van der Waals surface area contributed by atoms with Gasteiger partial charge in [0.05, 0.1) is 10.6 Å². The summed E-state index contributed by atoms with van der Waals surface area (Å²) in [6.45, 7) is 0.589. The molecule has 22 heavy (non-hydrogen) atoms. The Kier molecular flexibility index (Phi) is 4.65. The number of rotatable bonds is 5. The second-order valence-electron chi connectivity index (χ2n) is 4.78. The van der Waals surface area contributed by atoms with E-state index in [4.69, 9.17) is 0 Å². The molecule has 0 spiro atoms. The van der Waals surface area contributed by atoms with Crippen molar-refractivity contribution in [2.24, 2.45) is 0 Å². The van der Waals surface area contributed by atoms with E-state index in [1.807, 2.05) is 6.92 Å². The summed E-state index contributed by atoms with van der Waals surface area (Å²) in [5.74, 6) is -0.115. The number of anilines is 1. The maximum absolute atomic E-state index is 12.4. The summed E-state index contributed by atoms with van der Waals surface area (Å²) >= 11 is 0. The highest BCUT2D eigenvalue weighted by atomic mass is 32.2. The maximum Gasteiger partial charge on any atom is 0.387 e. The van der Waals surface area contributed by atoms with Crippen LogP contribution in [-0.2, 0) is 10.0 Å². The van der Waals surface area contributed by atoms with Crippen LogP contribution in [0.25, 0.3) is 0 Å². The summed E-state index contributed by atoms with van der Waals surface area (Å²) in [7, 11) is -3.80. The van der Waals surface area contributed by atoms with E-state index in [0.29, 0.717) is 5.56 Å². The van der Waals surface area contributed by atoms with Crippen LogP contribution in [0.15, 0.2) is 47.4 Å². The van der Waals surface area contributed by atoms with Crippen molar-refractivity contribution in [1.29, 1.82) is 0 Å². The van der Waals surface area contributed by atoms with Crippen molar-refractivity contribution in [1.82, 2.24) is 0 Å². The number of hydrogen-bond donors (Lipinski definition) is 1. The summed E-state index contributed by atoms with van der Waals surface area (Å²) in [5, 5.41) is 0. The van der Waals surface area contributed by atoms with Gasteiger partial charge in [-0.05, 0) is 37.6 Å². The number of hydrogen-bond acceptors (Lipinski definition) is 3. The standard InChI is InChI=1S/C15H15F2NO3S/c1-10-6-7-14(11(2)8-10)22(19,20)18-12-4-3-5-13(9-12)21-15(16)17/h3-9,15,18H,1-2H3. The van der Waals surface area contributed by atoms with Crippen LogP contribution in [0.4, 0.5) is 14.5 Å². The van der Waals surface area contributed by atoms with Gasteiger partial charge in [-0.2, -0.15) is 8.78 Å². The Hall–Kier alpha value is -2.15. The Morgan fingerprint density at radius 2 is 1.82 bits per heavy atom. The quantitative estimate of drug-likeness (QED) is 0.911. The Morgan fingerprint density at radius 3 is 2.45 bits per heavy atom. The molecule has 4 nitrogen and oxygen atoms in total. The molecule has 0 aliphatic heterocycles. The number of halogens is 2. The highest BCUT2D eigenvalue weighted by Gasteiger charge is 2.17. The Bertz CT molecular complexity index is 776. The average Bonchev–Trinajstić information content (AvgIpc) is 2.36. The third-order valence-corrected chi connectivity index (χ3v) is 4.47. The van der Waals surface area contributed by atoms with Gasteiger partial charge in [0.15, 0.2) is 0 Å². The van der Waals surface area contributed by atoms with E-state index in [2.05, 4.69) is 9.46 Å². The summed E-state index contributed by atoms with van der Waals surface area (Å²) in [4.78, 5) is 0.137. The summed E-state index contributed by atoms with van der Waals surface area (Å²) < 4.78 is 55.7. The molecule has 2 rings (SSSR count). The first-order valence-electron chi connectivity index (χ1n) is 6.43. The number of sulfonamides is 1. The number of ether oxygens (including phenoxy) is 1. The minimum absolute atomic E-state index is 0.115. The molecule has 0 saturated carbocycles. The predicted octanol–water partition coefficient (Wildman–Crippen LogP) is 3.71. The molecular formula is C15H15F2NO3S. The molecule has 1 N–H and O–H groups in total. The lowest BCUT2D eigenvalue weighted by Gasteiger charge is -2.12. The van der Waals surface area contributed by atoms with Crippen molar-refractivity contribution in [2.75, 3.05) is 4.72 Å². The molecule has 0 aliphatic rings. The lowest BCUT2D eigenvalue weighted by molar-refractivity contribution is -0.0497. The molecule has 0 aliphatic carbocycles. The SMILES string of the molecule is Cc1ccc(S(=O)(=O)Nc2cccc(OC(F)F)c2)c(C)c1. The van der Waals surface area contributed by atoms with Crippen LogP contribution in [0.2, 0.25) is 0 Å². The molecule has 0 saturated heterocycles. The van der Waals surface area contributed by atoms with Crippen LogP contribution in [-0.4, -0.2) is 15.0 Å². The van der Waals surface area contributed by atoms with Gasteiger partial charge in [0.25, 0.3) is 10.0 Å².